The molecule has 6 nitrogen and oxygen atoms in total. The molecule has 0 aromatic heterocycles. The zero-order chi connectivity index (χ0) is 28.3. The smallest absolute Gasteiger partial charge is 0.305 e. The average Bonchev–Trinajstić information content (AvgIpc) is 2.88. The molecule has 0 rings (SSSR count). The zero-order valence-corrected chi connectivity index (χ0v) is 25.3. The number of hydrogen-bond donors (Lipinski definition) is 0. The maximum atomic E-state index is 12.8. The molecule has 222 valence electrons. The number of nitrogens with zero attached hydrogens (tertiary/aromatic N) is 1. The van der Waals surface area contributed by atoms with Gasteiger partial charge in [-0.15, -0.1) is 0 Å². The summed E-state index contributed by atoms with van der Waals surface area (Å²) in [6.07, 6.45) is 23.4. The van der Waals surface area contributed by atoms with Crippen LogP contribution in [0, 0.1) is 5.92 Å². The molecule has 0 bridgehead atoms. The summed E-state index contributed by atoms with van der Waals surface area (Å²) in [6, 6.07) is 0. The highest BCUT2D eigenvalue weighted by Crippen LogP contribution is 2.11. The van der Waals surface area contributed by atoms with Crippen molar-refractivity contribution in [1.82, 2.24) is 4.90 Å². The van der Waals surface area contributed by atoms with Gasteiger partial charge in [0.05, 0.1) is 13.1 Å². The van der Waals surface area contributed by atoms with E-state index in [0.29, 0.717) is 38.3 Å². The first-order valence-corrected chi connectivity index (χ1v) is 15.6. The highest BCUT2D eigenvalue weighted by molar-refractivity contribution is 5.76. The van der Waals surface area contributed by atoms with Crippen molar-refractivity contribution in [3.63, 3.8) is 0 Å². The Balaban J connectivity index is 4.10. The molecule has 38 heavy (non-hydrogen) atoms. The third kappa shape index (κ3) is 24.5. The summed E-state index contributed by atoms with van der Waals surface area (Å²) in [6.45, 7) is 9.36. The van der Waals surface area contributed by atoms with Gasteiger partial charge in [-0.05, 0) is 50.9 Å². The monoisotopic (exact) mass is 537 g/mol. The number of unbranched alkanes of at least 4 members (excludes halogenated alkanes) is 11. The van der Waals surface area contributed by atoms with E-state index in [1.807, 2.05) is 6.92 Å². The van der Waals surface area contributed by atoms with E-state index in [2.05, 4.69) is 32.9 Å². The molecule has 0 atom stereocenters. The first-order chi connectivity index (χ1) is 18.4. The van der Waals surface area contributed by atoms with Gasteiger partial charge >= 0.3 is 11.9 Å². The lowest BCUT2D eigenvalue weighted by molar-refractivity contribution is -0.147. The molecular weight excluding hydrogens is 478 g/mol. The van der Waals surface area contributed by atoms with Gasteiger partial charge in [0.1, 0.15) is 13.2 Å². The standard InChI is InChI=1S/C32H59NO5/c1-5-7-8-9-10-11-12-13-14-15-16-17-18-19-20-22-30(34)33(25-27-37-31(35)21-6-2)26-28-38-32(36)24-23-29(3)4/h13-14,29H,5-12,15-28H2,1-4H3/b14-13-. The molecule has 0 N–H and O–H groups in total. The van der Waals surface area contributed by atoms with Crippen LogP contribution in [-0.4, -0.2) is 49.0 Å². The van der Waals surface area contributed by atoms with Crippen LogP contribution in [0.3, 0.4) is 0 Å². The maximum Gasteiger partial charge on any atom is 0.305 e. The quantitative estimate of drug-likeness (QED) is 0.0632. The van der Waals surface area contributed by atoms with Gasteiger partial charge in [0.2, 0.25) is 5.91 Å². The number of ether oxygens (including phenoxy) is 2. The van der Waals surface area contributed by atoms with Crippen molar-refractivity contribution in [2.75, 3.05) is 26.3 Å². The second-order valence-electron chi connectivity index (χ2n) is 10.8. The first-order valence-electron chi connectivity index (χ1n) is 15.6. The number of carbonyl (C=O) groups excluding carboxylic acids is 3. The van der Waals surface area contributed by atoms with Gasteiger partial charge in [-0.25, -0.2) is 0 Å². The van der Waals surface area contributed by atoms with Crippen molar-refractivity contribution in [2.24, 2.45) is 5.92 Å². The molecule has 0 heterocycles. The minimum Gasteiger partial charge on any atom is -0.464 e. The molecule has 0 radical (unpaired) electrons. The highest BCUT2D eigenvalue weighted by atomic mass is 16.5. The third-order valence-electron chi connectivity index (χ3n) is 6.63. The Labute approximate surface area is 234 Å². The lowest BCUT2D eigenvalue weighted by Gasteiger charge is -2.22. The summed E-state index contributed by atoms with van der Waals surface area (Å²) < 4.78 is 10.6. The van der Waals surface area contributed by atoms with E-state index < -0.39 is 0 Å². The first kappa shape index (κ1) is 36.1. The Kier molecular flexibility index (Phi) is 25.4. The average molecular weight is 538 g/mol. The molecule has 0 saturated heterocycles. The van der Waals surface area contributed by atoms with Crippen molar-refractivity contribution in [3.8, 4) is 0 Å². The van der Waals surface area contributed by atoms with E-state index in [1.165, 1.54) is 57.8 Å². The molecule has 0 unspecified atom stereocenters. The predicted octanol–water partition coefficient (Wildman–Crippen LogP) is 8.18. The van der Waals surface area contributed by atoms with E-state index in [4.69, 9.17) is 9.47 Å². The summed E-state index contributed by atoms with van der Waals surface area (Å²) in [5.74, 6) is 0.0205. The maximum absolute atomic E-state index is 12.8. The minimum absolute atomic E-state index is 0.0346. The third-order valence-corrected chi connectivity index (χ3v) is 6.63. The number of allylic oxidation sites excluding steroid dienone is 2. The molecule has 0 aliphatic heterocycles. The number of rotatable bonds is 26. The molecule has 0 fully saturated rings. The summed E-state index contributed by atoms with van der Waals surface area (Å²) in [5, 5.41) is 0. The van der Waals surface area contributed by atoms with Gasteiger partial charge in [-0.1, -0.05) is 91.2 Å². The summed E-state index contributed by atoms with van der Waals surface area (Å²) in [4.78, 5) is 38.0. The number of amides is 1. The Morgan fingerprint density at radius 2 is 1.13 bits per heavy atom. The van der Waals surface area contributed by atoms with Crippen LogP contribution < -0.4 is 0 Å². The van der Waals surface area contributed by atoms with Crippen LogP contribution in [-0.2, 0) is 23.9 Å². The van der Waals surface area contributed by atoms with Crippen molar-refractivity contribution < 1.29 is 23.9 Å². The molecule has 1 amide bonds. The normalized spacial score (nSPS) is 11.3. The minimum atomic E-state index is -0.239. The second-order valence-corrected chi connectivity index (χ2v) is 10.8. The van der Waals surface area contributed by atoms with Crippen molar-refractivity contribution in [3.05, 3.63) is 12.2 Å². The fourth-order valence-corrected chi connectivity index (χ4v) is 4.16. The molecule has 0 aromatic rings. The van der Waals surface area contributed by atoms with Crippen LogP contribution in [0.25, 0.3) is 0 Å². The van der Waals surface area contributed by atoms with Gasteiger partial charge in [-0.2, -0.15) is 0 Å². The van der Waals surface area contributed by atoms with E-state index >= 15 is 0 Å². The molecule has 6 heteroatoms. The molecular formula is C32H59NO5. The Bertz CT molecular complexity index is 617. The van der Waals surface area contributed by atoms with Gasteiger partial charge in [0.25, 0.3) is 0 Å². The van der Waals surface area contributed by atoms with Gasteiger partial charge in [-0.3, -0.25) is 14.4 Å². The van der Waals surface area contributed by atoms with E-state index in [0.717, 1.165) is 38.5 Å². The van der Waals surface area contributed by atoms with Gasteiger partial charge in [0.15, 0.2) is 0 Å². The number of esters is 2. The van der Waals surface area contributed by atoms with E-state index in [1.54, 1.807) is 4.90 Å². The molecule has 0 aliphatic rings. The fourth-order valence-electron chi connectivity index (χ4n) is 4.16. The van der Waals surface area contributed by atoms with Crippen molar-refractivity contribution in [2.45, 2.75) is 143 Å². The largest absolute Gasteiger partial charge is 0.464 e. The summed E-state index contributed by atoms with van der Waals surface area (Å²) in [5.41, 5.74) is 0. The van der Waals surface area contributed by atoms with Crippen LogP contribution in [0.2, 0.25) is 0 Å². The predicted molar refractivity (Wildman–Crippen MR) is 157 cm³/mol. The number of carbonyl (C=O) groups is 3. The summed E-state index contributed by atoms with van der Waals surface area (Å²) in [7, 11) is 0. The van der Waals surface area contributed by atoms with E-state index in [9.17, 15) is 14.4 Å². The van der Waals surface area contributed by atoms with Gasteiger partial charge < -0.3 is 14.4 Å². The summed E-state index contributed by atoms with van der Waals surface area (Å²) >= 11 is 0. The Hall–Kier alpha value is -1.85. The van der Waals surface area contributed by atoms with Crippen molar-refractivity contribution >= 4 is 17.8 Å². The lowest BCUT2D eigenvalue weighted by Crippen LogP contribution is -2.37. The van der Waals surface area contributed by atoms with Gasteiger partial charge in [0, 0.05) is 19.3 Å². The van der Waals surface area contributed by atoms with E-state index in [-0.39, 0.29) is 31.1 Å². The van der Waals surface area contributed by atoms with Crippen LogP contribution in [0.15, 0.2) is 12.2 Å². The lowest BCUT2D eigenvalue weighted by atomic mass is 10.1. The molecule has 0 aromatic carbocycles. The molecule has 0 spiro atoms. The Morgan fingerprint density at radius 3 is 1.66 bits per heavy atom. The Morgan fingerprint density at radius 1 is 0.632 bits per heavy atom. The van der Waals surface area contributed by atoms with Crippen LogP contribution in [0.4, 0.5) is 0 Å². The van der Waals surface area contributed by atoms with Crippen molar-refractivity contribution in [1.29, 1.82) is 0 Å². The zero-order valence-electron chi connectivity index (χ0n) is 25.3. The second kappa shape index (κ2) is 26.7. The highest BCUT2D eigenvalue weighted by Gasteiger charge is 2.15. The topological polar surface area (TPSA) is 72.9 Å². The van der Waals surface area contributed by atoms with Crippen LogP contribution in [0.1, 0.15) is 143 Å². The SMILES string of the molecule is CCCCCCCC/C=C\CCCCCCCC(=O)N(CCOC(=O)CCC)CCOC(=O)CCC(C)C. The fraction of sp³-hybridized carbons (Fsp3) is 0.844. The van der Waals surface area contributed by atoms with Crippen LogP contribution in [0.5, 0.6) is 0 Å². The molecule has 0 aliphatic carbocycles. The van der Waals surface area contributed by atoms with Crippen LogP contribution >= 0.6 is 0 Å². The molecule has 0 saturated carbocycles. The number of hydrogen-bond acceptors (Lipinski definition) is 5.